The standard InChI is InChI=1S/C21H18N4O2S2/c26-19(12-16-4-3-11-28-16)24-25-20(27)15-9-7-14(8-10-15)13-29-21-22-17-5-1-2-6-18(17)23-21/h1-11H,12-13H2,(H,22,23)(H,24,26)(H,25,27). The number of hydrazine groups is 1. The zero-order valence-corrected chi connectivity index (χ0v) is 17.0. The number of nitrogens with one attached hydrogen (secondary N) is 3. The summed E-state index contributed by atoms with van der Waals surface area (Å²) < 4.78 is 0. The van der Waals surface area contributed by atoms with Crippen LogP contribution in [0.1, 0.15) is 20.8 Å². The third-order valence-electron chi connectivity index (χ3n) is 4.19. The third kappa shape index (κ3) is 5.04. The van der Waals surface area contributed by atoms with Crippen molar-refractivity contribution in [2.45, 2.75) is 17.3 Å². The summed E-state index contributed by atoms with van der Waals surface area (Å²) in [4.78, 5) is 32.8. The summed E-state index contributed by atoms with van der Waals surface area (Å²) in [6.07, 6.45) is 0.246. The minimum absolute atomic E-state index is 0.246. The number of fused-ring (bicyclic) bond motifs is 1. The van der Waals surface area contributed by atoms with Gasteiger partial charge in [0, 0.05) is 16.2 Å². The van der Waals surface area contributed by atoms with Gasteiger partial charge in [-0.15, -0.1) is 11.3 Å². The molecule has 2 aromatic carbocycles. The maximum Gasteiger partial charge on any atom is 0.269 e. The van der Waals surface area contributed by atoms with Crippen molar-refractivity contribution in [1.29, 1.82) is 0 Å². The lowest BCUT2D eigenvalue weighted by Gasteiger charge is -2.07. The third-order valence-corrected chi connectivity index (χ3v) is 6.01. The number of carbonyl (C=O) groups is 2. The van der Waals surface area contributed by atoms with Gasteiger partial charge in [-0.1, -0.05) is 42.1 Å². The molecule has 0 radical (unpaired) electrons. The molecule has 4 aromatic rings. The number of hydrogen-bond acceptors (Lipinski definition) is 5. The highest BCUT2D eigenvalue weighted by atomic mass is 32.2. The van der Waals surface area contributed by atoms with Gasteiger partial charge in [-0.2, -0.15) is 0 Å². The SMILES string of the molecule is O=C(Cc1cccs1)NNC(=O)c1ccc(CSc2nc3ccccc3[nH]2)cc1. The first-order valence-electron chi connectivity index (χ1n) is 8.95. The smallest absolute Gasteiger partial charge is 0.269 e. The maximum absolute atomic E-state index is 12.2. The van der Waals surface area contributed by atoms with E-state index in [1.54, 1.807) is 23.9 Å². The van der Waals surface area contributed by atoms with E-state index in [2.05, 4.69) is 20.8 Å². The van der Waals surface area contributed by atoms with Crippen LogP contribution in [0.2, 0.25) is 0 Å². The molecule has 0 bridgehead atoms. The Morgan fingerprint density at radius 2 is 1.83 bits per heavy atom. The lowest BCUT2D eigenvalue weighted by atomic mass is 10.1. The molecule has 2 aromatic heterocycles. The number of rotatable bonds is 6. The average molecular weight is 423 g/mol. The lowest BCUT2D eigenvalue weighted by molar-refractivity contribution is -0.121. The van der Waals surface area contributed by atoms with Crippen LogP contribution in [0.15, 0.2) is 71.2 Å². The monoisotopic (exact) mass is 422 g/mol. The van der Waals surface area contributed by atoms with Gasteiger partial charge < -0.3 is 4.98 Å². The Labute approximate surface area is 175 Å². The number of aromatic amines is 1. The highest BCUT2D eigenvalue weighted by Crippen LogP contribution is 2.23. The highest BCUT2D eigenvalue weighted by molar-refractivity contribution is 7.98. The molecule has 6 nitrogen and oxygen atoms in total. The number of nitrogens with zero attached hydrogens (tertiary/aromatic N) is 1. The number of para-hydroxylation sites is 2. The molecule has 29 heavy (non-hydrogen) atoms. The van der Waals surface area contributed by atoms with E-state index in [1.165, 1.54) is 11.3 Å². The van der Waals surface area contributed by atoms with Crippen molar-refractivity contribution in [3.63, 3.8) is 0 Å². The highest BCUT2D eigenvalue weighted by Gasteiger charge is 2.09. The molecule has 0 atom stereocenters. The molecule has 0 spiro atoms. The van der Waals surface area contributed by atoms with Gasteiger partial charge in [-0.3, -0.25) is 20.4 Å². The number of H-pyrrole nitrogens is 1. The Bertz CT molecular complexity index is 1090. The van der Waals surface area contributed by atoms with Crippen LogP contribution in [-0.2, 0) is 17.0 Å². The van der Waals surface area contributed by atoms with Crippen LogP contribution in [0, 0.1) is 0 Å². The van der Waals surface area contributed by atoms with Crippen LogP contribution in [0.5, 0.6) is 0 Å². The van der Waals surface area contributed by atoms with Crippen molar-refractivity contribution >= 4 is 45.9 Å². The van der Waals surface area contributed by atoms with Crippen molar-refractivity contribution < 1.29 is 9.59 Å². The Morgan fingerprint density at radius 3 is 2.59 bits per heavy atom. The molecule has 0 aliphatic carbocycles. The molecule has 0 unspecified atom stereocenters. The number of aromatic nitrogens is 2. The normalized spacial score (nSPS) is 10.8. The first kappa shape index (κ1) is 19.2. The van der Waals surface area contributed by atoms with Crippen molar-refractivity contribution in [1.82, 2.24) is 20.8 Å². The van der Waals surface area contributed by atoms with Gasteiger partial charge in [0.1, 0.15) is 0 Å². The van der Waals surface area contributed by atoms with E-state index < -0.39 is 0 Å². The molecule has 0 aliphatic rings. The second-order valence-corrected chi connectivity index (χ2v) is 8.30. The van der Waals surface area contributed by atoms with Crippen LogP contribution in [0.4, 0.5) is 0 Å². The molecule has 146 valence electrons. The predicted octanol–water partition coefficient (Wildman–Crippen LogP) is 3.92. The number of amides is 2. The zero-order valence-electron chi connectivity index (χ0n) is 15.3. The maximum atomic E-state index is 12.2. The second kappa shape index (κ2) is 8.93. The van der Waals surface area contributed by atoms with E-state index in [9.17, 15) is 9.59 Å². The Balaban J connectivity index is 1.27. The molecule has 8 heteroatoms. The molecule has 3 N–H and O–H groups in total. The van der Waals surface area contributed by atoms with E-state index in [4.69, 9.17) is 0 Å². The number of thiophene rings is 1. The molecule has 0 fully saturated rings. The van der Waals surface area contributed by atoms with Gasteiger partial charge in [0.25, 0.3) is 5.91 Å². The Hall–Kier alpha value is -3.10. The van der Waals surface area contributed by atoms with Crippen molar-refractivity contribution in [3.8, 4) is 0 Å². The first-order valence-corrected chi connectivity index (χ1v) is 10.8. The average Bonchev–Trinajstić information content (AvgIpc) is 3.40. The van der Waals surface area contributed by atoms with Gasteiger partial charge in [0.2, 0.25) is 5.91 Å². The predicted molar refractivity (Wildman–Crippen MR) is 116 cm³/mol. The summed E-state index contributed by atoms with van der Waals surface area (Å²) in [5.41, 5.74) is 8.42. The number of carbonyl (C=O) groups excluding carboxylic acids is 2. The Morgan fingerprint density at radius 1 is 1.00 bits per heavy atom. The van der Waals surface area contributed by atoms with Gasteiger partial charge in [-0.25, -0.2) is 4.98 Å². The molecule has 0 saturated carbocycles. The van der Waals surface area contributed by atoms with E-state index in [0.29, 0.717) is 5.56 Å². The molecular weight excluding hydrogens is 404 g/mol. The van der Waals surface area contributed by atoms with Gasteiger partial charge >= 0.3 is 0 Å². The number of thioether (sulfide) groups is 1. The van der Waals surface area contributed by atoms with E-state index in [0.717, 1.165) is 32.4 Å². The van der Waals surface area contributed by atoms with Gasteiger partial charge in [0.15, 0.2) is 5.16 Å². The van der Waals surface area contributed by atoms with Gasteiger partial charge in [-0.05, 0) is 41.3 Å². The fourth-order valence-electron chi connectivity index (χ4n) is 2.72. The minimum atomic E-state index is -0.346. The van der Waals surface area contributed by atoms with Gasteiger partial charge in [0.05, 0.1) is 17.5 Å². The number of benzene rings is 2. The van der Waals surface area contributed by atoms with Crippen molar-refractivity contribution in [2.75, 3.05) is 0 Å². The number of imidazole rings is 1. The van der Waals surface area contributed by atoms with Crippen molar-refractivity contribution in [3.05, 3.63) is 82.0 Å². The number of hydrogen-bond donors (Lipinski definition) is 3. The van der Waals surface area contributed by atoms with E-state index in [-0.39, 0.29) is 18.2 Å². The van der Waals surface area contributed by atoms with E-state index in [1.807, 2.05) is 53.9 Å². The van der Waals surface area contributed by atoms with Crippen LogP contribution >= 0.6 is 23.1 Å². The molecule has 2 amide bonds. The zero-order chi connectivity index (χ0) is 20.1. The van der Waals surface area contributed by atoms with Crippen LogP contribution in [0.3, 0.4) is 0 Å². The fraction of sp³-hybridized carbons (Fsp3) is 0.0952. The molecule has 0 aliphatic heterocycles. The minimum Gasteiger partial charge on any atom is -0.333 e. The molecular formula is C21H18N4O2S2. The summed E-state index contributed by atoms with van der Waals surface area (Å²) in [6, 6.07) is 19.0. The van der Waals surface area contributed by atoms with Crippen molar-refractivity contribution in [2.24, 2.45) is 0 Å². The van der Waals surface area contributed by atoms with Crippen LogP contribution in [-0.4, -0.2) is 21.8 Å². The molecule has 0 saturated heterocycles. The van der Waals surface area contributed by atoms with Crippen LogP contribution in [0.25, 0.3) is 11.0 Å². The fourth-order valence-corrected chi connectivity index (χ4v) is 4.26. The first-order chi connectivity index (χ1) is 14.2. The van der Waals surface area contributed by atoms with E-state index >= 15 is 0 Å². The summed E-state index contributed by atoms with van der Waals surface area (Å²) >= 11 is 3.11. The largest absolute Gasteiger partial charge is 0.333 e. The summed E-state index contributed by atoms with van der Waals surface area (Å²) in [6.45, 7) is 0. The summed E-state index contributed by atoms with van der Waals surface area (Å²) in [7, 11) is 0. The molecule has 2 heterocycles. The Kier molecular flexibility index (Phi) is 5.92. The molecule has 4 rings (SSSR count). The second-order valence-electron chi connectivity index (χ2n) is 6.30. The van der Waals surface area contributed by atoms with Crippen LogP contribution < -0.4 is 10.9 Å². The quantitative estimate of drug-likeness (QED) is 0.325. The summed E-state index contributed by atoms with van der Waals surface area (Å²) in [5, 5.41) is 2.77. The summed E-state index contributed by atoms with van der Waals surface area (Å²) in [5.74, 6) is 0.139. The topological polar surface area (TPSA) is 86.9 Å². The lowest BCUT2D eigenvalue weighted by Crippen LogP contribution is -2.42.